The van der Waals surface area contributed by atoms with E-state index in [1.807, 2.05) is 12.1 Å². The normalized spacial score (nSPS) is 32.2. The molecule has 0 amide bonds. The van der Waals surface area contributed by atoms with Crippen molar-refractivity contribution in [1.82, 2.24) is 5.01 Å². The van der Waals surface area contributed by atoms with E-state index in [2.05, 4.69) is 36.5 Å². The van der Waals surface area contributed by atoms with Gasteiger partial charge in [0.15, 0.2) is 0 Å². The minimum Gasteiger partial charge on any atom is -0.293 e. The molecule has 0 bridgehead atoms. The summed E-state index contributed by atoms with van der Waals surface area (Å²) in [5.41, 5.74) is 1.50. The summed E-state index contributed by atoms with van der Waals surface area (Å²) in [5.74, 6) is 0.532. The van der Waals surface area contributed by atoms with Crippen LogP contribution in [0.1, 0.15) is 13.3 Å². The first-order valence-corrected chi connectivity index (χ1v) is 4.47. The maximum Gasteiger partial charge on any atom is 0.0766 e. The number of rotatable bonds is 1. The van der Waals surface area contributed by atoms with Crippen LogP contribution in [0.5, 0.6) is 0 Å². The van der Waals surface area contributed by atoms with E-state index in [0.717, 1.165) is 6.42 Å². The van der Waals surface area contributed by atoms with Crippen molar-refractivity contribution in [3.63, 3.8) is 0 Å². The lowest BCUT2D eigenvalue weighted by molar-refractivity contribution is 0.301. The van der Waals surface area contributed by atoms with Crippen LogP contribution in [0.3, 0.4) is 0 Å². The molecule has 12 heavy (non-hydrogen) atoms. The smallest absolute Gasteiger partial charge is 0.0766 e. The molecular formula is C10H14N2. The van der Waals surface area contributed by atoms with Gasteiger partial charge < -0.3 is 0 Å². The molecule has 64 valence electrons. The predicted octanol–water partition coefficient (Wildman–Crippen LogP) is 1.81. The highest BCUT2D eigenvalue weighted by atomic mass is 15.5. The molecule has 2 unspecified atom stereocenters. The van der Waals surface area contributed by atoms with Crippen molar-refractivity contribution in [2.75, 3.05) is 7.05 Å². The van der Waals surface area contributed by atoms with Crippen LogP contribution in [0.2, 0.25) is 0 Å². The van der Waals surface area contributed by atoms with Crippen LogP contribution in [0.25, 0.3) is 0 Å². The number of hydrogen-bond donors (Lipinski definition) is 0. The number of nitrogens with zero attached hydrogens (tertiary/aromatic N) is 2. The molecule has 2 nitrogen and oxygen atoms in total. The third-order valence-corrected chi connectivity index (χ3v) is 2.66. The van der Waals surface area contributed by atoms with Crippen LogP contribution in [0.15, 0.2) is 28.9 Å². The SMILES string of the molecule is CCC1=CC=CC2C1C=NN2C. The lowest BCUT2D eigenvalue weighted by Crippen LogP contribution is -2.29. The van der Waals surface area contributed by atoms with Gasteiger partial charge in [-0.1, -0.05) is 30.7 Å². The highest BCUT2D eigenvalue weighted by Crippen LogP contribution is 2.28. The van der Waals surface area contributed by atoms with Crippen molar-refractivity contribution in [2.45, 2.75) is 19.4 Å². The summed E-state index contributed by atoms with van der Waals surface area (Å²) in [6.07, 6.45) is 9.77. The van der Waals surface area contributed by atoms with Gasteiger partial charge in [-0.05, 0) is 6.42 Å². The largest absolute Gasteiger partial charge is 0.293 e. The molecule has 0 aromatic rings. The van der Waals surface area contributed by atoms with Gasteiger partial charge in [0, 0.05) is 19.2 Å². The van der Waals surface area contributed by atoms with Crippen LogP contribution in [-0.4, -0.2) is 24.3 Å². The van der Waals surface area contributed by atoms with Crippen molar-refractivity contribution >= 4 is 6.21 Å². The molecule has 2 atom stereocenters. The molecule has 1 aliphatic carbocycles. The van der Waals surface area contributed by atoms with E-state index >= 15 is 0 Å². The fraction of sp³-hybridized carbons (Fsp3) is 0.500. The molecule has 0 saturated carbocycles. The Morgan fingerprint density at radius 3 is 3.17 bits per heavy atom. The Labute approximate surface area is 73.3 Å². The van der Waals surface area contributed by atoms with Gasteiger partial charge in [0.05, 0.1) is 6.04 Å². The highest BCUT2D eigenvalue weighted by Gasteiger charge is 2.29. The fourth-order valence-corrected chi connectivity index (χ4v) is 1.89. The van der Waals surface area contributed by atoms with E-state index in [1.54, 1.807) is 0 Å². The maximum absolute atomic E-state index is 4.30. The van der Waals surface area contributed by atoms with Gasteiger partial charge in [-0.25, -0.2) is 0 Å². The summed E-state index contributed by atoms with van der Waals surface area (Å²) in [4.78, 5) is 0. The molecule has 0 fully saturated rings. The summed E-state index contributed by atoms with van der Waals surface area (Å²) in [5, 5.41) is 6.33. The molecule has 0 radical (unpaired) electrons. The molecule has 0 N–H and O–H groups in total. The van der Waals surface area contributed by atoms with Gasteiger partial charge in [-0.2, -0.15) is 5.10 Å². The van der Waals surface area contributed by atoms with Crippen LogP contribution in [-0.2, 0) is 0 Å². The Morgan fingerprint density at radius 1 is 1.58 bits per heavy atom. The first kappa shape index (κ1) is 7.59. The lowest BCUT2D eigenvalue weighted by atomic mass is 9.87. The summed E-state index contributed by atoms with van der Waals surface area (Å²) in [7, 11) is 2.03. The standard InChI is InChI=1S/C10H14N2/c1-3-8-5-4-6-10-9(8)7-11-12(10)2/h4-7,9-10H,3H2,1-2H3. The highest BCUT2D eigenvalue weighted by molar-refractivity contribution is 5.69. The van der Waals surface area contributed by atoms with Gasteiger partial charge in [-0.15, -0.1) is 0 Å². The summed E-state index contributed by atoms with van der Waals surface area (Å²) < 4.78 is 0. The molecule has 2 rings (SSSR count). The van der Waals surface area contributed by atoms with Gasteiger partial charge in [0.2, 0.25) is 0 Å². The predicted molar refractivity (Wildman–Crippen MR) is 51.0 cm³/mol. The topological polar surface area (TPSA) is 15.6 Å². The molecular weight excluding hydrogens is 148 g/mol. The third kappa shape index (κ3) is 0.986. The second-order valence-electron chi connectivity index (χ2n) is 3.33. The number of fused-ring (bicyclic) bond motifs is 1. The molecule has 0 spiro atoms. The fourth-order valence-electron chi connectivity index (χ4n) is 1.89. The summed E-state index contributed by atoms with van der Waals surface area (Å²) in [6.45, 7) is 2.20. The second kappa shape index (κ2) is 2.77. The van der Waals surface area contributed by atoms with E-state index in [1.165, 1.54) is 5.57 Å². The maximum atomic E-state index is 4.30. The molecule has 2 heteroatoms. The first-order chi connectivity index (χ1) is 5.83. The Morgan fingerprint density at radius 2 is 2.42 bits per heavy atom. The average Bonchev–Trinajstić information content (AvgIpc) is 2.48. The molecule has 1 heterocycles. The first-order valence-electron chi connectivity index (χ1n) is 4.47. The van der Waals surface area contributed by atoms with Gasteiger partial charge in [-0.3, -0.25) is 5.01 Å². The minimum absolute atomic E-state index is 0.477. The van der Waals surface area contributed by atoms with Crippen LogP contribution < -0.4 is 0 Å². The molecule has 0 aromatic carbocycles. The Hall–Kier alpha value is -1.05. The number of hydrazone groups is 1. The second-order valence-corrected chi connectivity index (χ2v) is 3.33. The average molecular weight is 162 g/mol. The van der Waals surface area contributed by atoms with Crippen LogP contribution in [0, 0.1) is 5.92 Å². The lowest BCUT2D eigenvalue weighted by Gasteiger charge is -2.25. The minimum atomic E-state index is 0.477. The zero-order valence-electron chi connectivity index (χ0n) is 7.57. The van der Waals surface area contributed by atoms with E-state index in [0.29, 0.717) is 12.0 Å². The van der Waals surface area contributed by atoms with Gasteiger partial charge in [0.1, 0.15) is 0 Å². The van der Waals surface area contributed by atoms with E-state index in [9.17, 15) is 0 Å². The summed E-state index contributed by atoms with van der Waals surface area (Å²) in [6, 6.07) is 0.477. The zero-order chi connectivity index (χ0) is 8.55. The Bertz CT molecular complexity index is 263. The van der Waals surface area contributed by atoms with E-state index in [-0.39, 0.29) is 0 Å². The van der Waals surface area contributed by atoms with Crippen molar-refractivity contribution < 1.29 is 0 Å². The molecule has 1 aliphatic heterocycles. The molecule has 0 aromatic heterocycles. The zero-order valence-corrected chi connectivity index (χ0v) is 7.57. The van der Waals surface area contributed by atoms with Crippen molar-refractivity contribution in [3.8, 4) is 0 Å². The van der Waals surface area contributed by atoms with Crippen molar-refractivity contribution in [1.29, 1.82) is 0 Å². The van der Waals surface area contributed by atoms with E-state index in [4.69, 9.17) is 0 Å². The van der Waals surface area contributed by atoms with Gasteiger partial charge >= 0.3 is 0 Å². The number of likely N-dealkylation sites (N-methyl/N-ethyl adjacent to an activating group) is 1. The number of allylic oxidation sites excluding steroid dienone is 2. The van der Waals surface area contributed by atoms with Crippen molar-refractivity contribution in [3.05, 3.63) is 23.8 Å². The number of hydrogen-bond acceptors (Lipinski definition) is 2. The quantitative estimate of drug-likeness (QED) is 0.574. The van der Waals surface area contributed by atoms with Crippen molar-refractivity contribution in [2.24, 2.45) is 11.0 Å². The van der Waals surface area contributed by atoms with E-state index < -0.39 is 0 Å². The summed E-state index contributed by atoms with van der Waals surface area (Å²) >= 11 is 0. The monoisotopic (exact) mass is 162 g/mol. The van der Waals surface area contributed by atoms with Crippen LogP contribution >= 0.6 is 0 Å². The Balaban J connectivity index is 2.26. The third-order valence-electron chi connectivity index (χ3n) is 2.66. The van der Waals surface area contributed by atoms with Gasteiger partial charge in [0.25, 0.3) is 0 Å². The molecule has 2 aliphatic rings. The van der Waals surface area contributed by atoms with Crippen LogP contribution in [0.4, 0.5) is 0 Å². The molecule has 0 saturated heterocycles. The Kier molecular flexibility index (Phi) is 1.75.